The van der Waals surface area contributed by atoms with Crippen LogP contribution in [-0.2, 0) is 14.8 Å². The van der Waals surface area contributed by atoms with E-state index in [0.717, 1.165) is 14.7 Å². The summed E-state index contributed by atoms with van der Waals surface area (Å²) in [4.78, 5) is 12.8. The molecule has 0 spiro atoms. The molecule has 26 heavy (non-hydrogen) atoms. The molecule has 2 aromatic rings. The lowest BCUT2D eigenvalue weighted by Crippen LogP contribution is -2.58. The van der Waals surface area contributed by atoms with Gasteiger partial charge in [0.2, 0.25) is 10.0 Å². The molecule has 1 saturated heterocycles. The average Bonchev–Trinajstić information content (AvgIpc) is 3.00. The van der Waals surface area contributed by atoms with Crippen LogP contribution in [0.4, 0.5) is 0 Å². The van der Waals surface area contributed by atoms with Gasteiger partial charge in [-0.25, -0.2) is 8.42 Å². The lowest BCUT2D eigenvalue weighted by atomic mass is 10.0. The summed E-state index contributed by atoms with van der Waals surface area (Å²) in [5.41, 5.74) is 0.866. The molecule has 0 bridgehead atoms. The van der Waals surface area contributed by atoms with Crippen LogP contribution < -0.4 is 0 Å². The first-order valence-corrected chi connectivity index (χ1v) is 11.5. The zero-order valence-corrected chi connectivity index (χ0v) is 17.4. The monoisotopic (exact) mass is 431 g/mol. The number of carbonyl (C=O) groups is 1. The summed E-state index contributed by atoms with van der Waals surface area (Å²) in [6, 6.07) is 9.03. The minimum atomic E-state index is -3.90. The summed E-state index contributed by atoms with van der Waals surface area (Å²) < 4.78 is 27.2. The molecule has 1 atom stereocenters. The second-order valence-corrected chi connectivity index (χ2v) is 11.8. The van der Waals surface area contributed by atoms with Crippen molar-refractivity contribution >= 4 is 50.7 Å². The maximum Gasteiger partial charge on any atom is 0.323 e. The van der Waals surface area contributed by atoms with Gasteiger partial charge in [0.25, 0.3) is 0 Å². The number of aliphatic carboxylic acids is 1. The van der Waals surface area contributed by atoms with E-state index < -0.39 is 26.8 Å². The number of sulfonamides is 1. The molecule has 0 amide bonds. The SMILES string of the molecule is CC1(C)SCCN(S(=O)(=O)c2ccc(-c3ccc(Cl)s3)cc2)C1C(=O)O. The van der Waals surface area contributed by atoms with Crippen LogP contribution in [0, 0.1) is 0 Å². The van der Waals surface area contributed by atoms with E-state index in [2.05, 4.69) is 0 Å². The van der Waals surface area contributed by atoms with Crippen LogP contribution in [0.25, 0.3) is 10.4 Å². The highest BCUT2D eigenvalue weighted by atomic mass is 35.5. The number of hydrogen-bond acceptors (Lipinski definition) is 5. The largest absolute Gasteiger partial charge is 0.480 e. The van der Waals surface area contributed by atoms with Crippen LogP contribution in [0.5, 0.6) is 0 Å². The van der Waals surface area contributed by atoms with Crippen LogP contribution in [0.2, 0.25) is 4.34 Å². The van der Waals surface area contributed by atoms with Gasteiger partial charge in [-0.05, 0) is 43.7 Å². The van der Waals surface area contributed by atoms with E-state index in [4.69, 9.17) is 11.6 Å². The molecule has 1 aliphatic rings. The number of hydrogen-bond donors (Lipinski definition) is 1. The molecule has 3 rings (SSSR count). The van der Waals surface area contributed by atoms with Crippen molar-refractivity contribution in [1.82, 2.24) is 4.31 Å². The number of benzene rings is 1. The van der Waals surface area contributed by atoms with Gasteiger partial charge in [0.15, 0.2) is 0 Å². The third kappa shape index (κ3) is 3.66. The van der Waals surface area contributed by atoms with E-state index in [1.807, 2.05) is 6.07 Å². The summed E-state index contributed by atoms with van der Waals surface area (Å²) in [7, 11) is -3.90. The highest BCUT2D eigenvalue weighted by Gasteiger charge is 2.48. The zero-order chi connectivity index (χ0) is 19.1. The normalized spacial score (nSPS) is 20.8. The summed E-state index contributed by atoms with van der Waals surface area (Å²) in [5, 5.41) is 9.62. The van der Waals surface area contributed by atoms with Crippen molar-refractivity contribution in [2.24, 2.45) is 0 Å². The second kappa shape index (κ2) is 7.16. The first-order valence-electron chi connectivity index (χ1n) is 7.87. The smallest absolute Gasteiger partial charge is 0.323 e. The molecule has 0 saturated carbocycles. The quantitative estimate of drug-likeness (QED) is 0.790. The van der Waals surface area contributed by atoms with Crippen molar-refractivity contribution in [2.45, 2.75) is 29.5 Å². The maximum atomic E-state index is 13.1. The fourth-order valence-electron chi connectivity index (χ4n) is 3.03. The van der Waals surface area contributed by atoms with E-state index in [1.54, 1.807) is 32.0 Å². The van der Waals surface area contributed by atoms with Crippen molar-refractivity contribution in [3.63, 3.8) is 0 Å². The third-order valence-electron chi connectivity index (χ3n) is 4.28. The van der Waals surface area contributed by atoms with E-state index >= 15 is 0 Å². The number of carboxylic acids is 1. The molecule has 1 unspecified atom stereocenters. The highest BCUT2D eigenvalue weighted by molar-refractivity contribution is 8.00. The molecule has 9 heteroatoms. The molecule has 1 aromatic carbocycles. The van der Waals surface area contributed by atoms with Gasteiger partial charge >= 0.3 is 5.97 Å². The molecule has 1 aromatic heterocycles. The average molecular weight is 432 g/mol. The van der Waals surface area contributed by atoms with Gasteiger partial charge in [-0.3, -0.25) is 4.79 Å². The summed E-state index contributed by atoms with van der Waals surface area (Å²) >= 11 is 8.83. The minimum Gasteiger partial charge on any atom is -0.480 e. The Morgan fingerprint density at radius 1 is 1.23 bits per heavy atom. The van der Waals surface area contributed by atoms with Gasteiger partial charge in [0.1, 0.15) is 6.04 Å². The Labute approximate surface area is 166 Å². The number of halogens is 1. The fraction of sp³-hybridized carbons (Fsp3) is 0.353. The van der Waals surface area contributed by atoms with Crippen LogP contribution in [0.3, 0.4) is 0 Å². The van der Waals surface area contributed by atoms with Crippen LogP contribution in [0.1, 0.15) is 13.8 Å². The van der Waals surface area contributed by atoms with E-state index in [1.165, 1.54) is 35.2 Å². The lowest BCUT2D eigenvalue weighted by molar-refractivity contribution is -0.142. The number of carboxylic acid groups (broad SMARTS) is 1. The van der Waals surface area contributed by atoms with Gasteiger partial charge < -0.3 is 5.11 Å². The van der Waals surface area contributed by atoms with Crippen molar-refractivity contribution in [2.75, 3.05) is 12.3 Å². The standard InChI is InChI=1S/C17H18ClNO4S3/c1-17(2)15(16(20)21)19(9-10-24-17)26(22,23)12-5-3-11(4-6-12)13-7-8-14(18)25-13/h3-8,15H,9-10H2,1-2H3,(H,20,21). The Balaban J connectivity index is 1.95. The van der Waals surface area contributed by atoms with E-state index in [0.29, 0.717) is 10.1 Å². The first-order chi connectivity index (χ1) is 12.1. The predicted octanol–water partition coefficient (Wildman–Crippen LogP) is 4.04. The molecule has 1 aliphatic heterocycles. The van der Waals surface area contributed by atoms with Crippen molar-refractivity contribution in [3.05, 3.63) is 40.7 Å². The van der Waals surface area contributed by atoms with Crippen molar-refractivity contribution in [3.8, 4) is 10.4 Å². The molecule has 2 heterocycles. The Morgan fingerprint density at radius 2 is 1.88 bits per heavy atom. The van der Waals surface area contributed by atoms with Gasteiger partial charge in [-0.15, -0.1) is 11.3 Å². The van der Waals surface area contributed by atoms with E-state index in [9.17, 15) is 18.3 Å². The highest BCUT2D eigenvalue weighted by Crippen LogP contribution is 2.38. The molecule has 1 fully saturated rings. The molecule has 1 N–H and O–H groups in total. The fourth-order valence-corrected chi connectivity index (χ4v) is 7.17. The van der Waals surface area contributed by atoms with Gasteiger partial charge in [-0.2, -0.15) is 16.1 Å². The van der Waals surface area contributed by atoms with E-state index in [-0.39, 0.29) is 11.4 Å². The Kier molecular flexibility index (Phi) is 5.43. The Bertz CT molecular complexity index is 922. The summed E-state index contributed by atoms with van der Waals surface area (Å²) in [5.74, 6) is -0.572. The van der Waals surface area contributed by atoms with Crippen molar-refractivity contribution < 1.29 is 18.3 Å². The van der Waals surface area contributed by atoms with Crippen LogP contribution >= 0.6 is 34.7 Å². The Hall–Kier alpha value is -1.06. The molecular formula is C17H18ClNO4S3. The molecule has 140 valence electrons. The maximum absolute atomic E-state index is 13.1. The van der Waals surface area contributed by atoms with Gasteiger partial charge in [-0.1, -0.05) is 23.7 Å². The van der Waals surface area contributed by atoms with Crippen LogP contribution in [0.15, 0.2) is 41.3 Å². The molecule has 0 radical (unpaired) electrons. The third-order valence-corrected chi connectivity index (χ3v) is 8.80. The number of nitrogens with zero attached hydrogens (tertiary/aromatic N) is 1. The lowest BCUT2D eigenvalue weighted by Gasteiger charge is -2.42. The topological polar surface area (TPSA) is 74.7 Å². The number of thiophene rings is 1. The molecule has 5 nitrogen and oxygen atoms in total. The summed E-state index contributed by atoms with van der Waals surface area (Å²) in [6.45, 7) is 3.71. The second-order valence-electron chi connectivity index (χ2n) is 6.44. The van der Waals surface area contributed by atoms with Gasteiger partial charge in [0, 0.05) is 21.9 Å². The molecule has 0 aliphatic carbocycles. The summed E-state index contributed by atoms with van der Waals surface area (Å²) in [6.07, 6.45) is 0. The molecular weight excluding hydrogens is 414 g/mol. The number of thioether (sulfide) groups is 1. The van der Waals surface area contributed by atoms with Gasteiger partial charge in [0.05, 0.1) is 9.23 Å². The Morgan fingerprint density at radius 3 is 2.42 bits per heavy atom. The first kappa shape index (κ1) is 19.7. The minimum absolute atomic E-state index is 0.0952. The van der Waals surface area contributed by atoms with Crippen LogP contribution in [-0.4, -0.2) is 46.9 Å². The number of rotatable bonds is 4. The zero-order valence-electron chi connectivity index (χ0n) is 14.2. The predicted molar refractivity (Wildman–Crippen MR) is 107 cm³/mol. The van der Waals surface area contributed by atoms with Crippen molar-refractivity contribution in [1.29, 1.82) is 0 Å².